The van der Waals surface area contributed by atoms with Gasteiger partial charge >= 0.3 is 6.03 Å². The summed E-state index contributed by atoms with van der Waals surface area (Å²) in [7, 11) is -0.669. The van der Waals surface area contributed by atoms with Crippen LogP contribution in [0.15, 0.2) is 35.7 Å². The summed E-state index contributed by atoms with van der Waals surface area (Å²) >= 11 is 0. The van der Waals surface area contributed by atoms with Crippen molar-refractivity contribution in [3.05, 3.63) is 36.3 Å². The van der Waals surface area contributed by atoms with Crippen LogP contribution in [0.1, 0.15) is 82.5 Å². The zero-order chi connectivity index (χ0) is 34.1. The molecule has 4 rings (SSSR count). The van der Waals surface area contributed by atoms with E-state index in [0.29, 0.717) is 24.5 Å². The van der Waals surface area contributed by atoms with Crippen LogP contribution in [0.3, 0.4) is 0 Å². The standard InChI is InChI=1S/C33H52N6O7S/c1-23-18-39(24(2)21-40)32(41)28-17-27(36-33(42)35-26-12-7-6-8-13-26)14-15-29(28)46-25(3)11-9-10-16-45-30(23)19-38(5)47(43,44)31-20-37(4)22-34-31/h14-15,17,20,22-26,30,40H,6-13,16,18-19,21H2,1-5H3,(H2,35,36,42)/t23-,24-,25-,30+/m0/s1. The SMILES string of the molecule is C[C@H]1CCCCO[C@H](CN(C)S(=O)(=O)c2cn(C)cn2)[C@@H](C)CN([C@@H](C)CO)C(=O)c2cc(NC(=O)NC3CCCCC3)ccc2O1. The number of imidazole rings is 1. The number of benzene rings is 1. The molecule has 13 nitrogen and oxygen atoms in total. The van der Waals surface area contributed by atoms with E-state index in [1.54, 1.807) is 41.6 Å². The second kappa shape index (κ2) is 16.8. The van der Waals surface area contributed by atoms with E-state index in [1.165, 1.54) is 30.3 Å². The van der Waals surface area contributed by atoms with Crippen molar-refractivity contribution in [2.45, 2.75) is 101 Å². The highest BCUT2D eigenvalue weighted by Crippen LogP contribution is 2.29. The predicted octanol–water partition coefficient (Wildman–Crippen LogP) is 3.99. The number of likely N-dealkylation sites (N-methyl/N-ethyl adjacent to an activating group) is 1. The number of aryl methyl sites for hydroxylation is 1. The van der Waals surface area contributed by atoms with Crippen molar-refractivity contribution in [3.8, 4) is 5.75 Å². The molecule has 0 unspecified atom stereocenters. The van der Waals surface area contributed by atoms with Crippen LogP contribution in [0.2, 0.25) is 0 Å². The quantitative estimate of drug-likeness (QED) is 0.379. The Morgan fingerprint density at radius 1 is 1.15 bits per heavy atom. The van der Waals surface area contributed by atoms with Gasteiger partial charge in [-0.25, -0.2) is 18.2 Å². The summed E-state index contributed by atoms with van der Waals surface area (Å²) in [6.07, 6.45) is 9.67. The second-order valence-electron chi connectivity index (χ2n) is 13.1. The Morgan fingerprint density at radius 2 is 1.87 bits per heavy atom. The van der Waals surface area contributed by atoms with E-state index in [1.807, 2.05) is 13.8 Å². The lowest BCUT2D eigenvalue weighted by Crippen LogP contribution is -2.48. The monoisotopic (exact) mass is 676 g/mol. The molecule has 1 aromatic heterocycles. The predicted molar refractivity (Wildman–Crippen MR) is 179 cm³/mol. The topological polar surface area (TPSA) is 155 Å². The van der Waals surface area contributed by atoms with Gasteiger partial charge in [0.25, 0.3) is 15.9 Å². The first kappa shape index (κ1) is 36.6. The van der Waals surface area contributed by atoms with Crippen molar-refractivity contribution < 1.29 is 32.6 Å². The number of fused-ring (bicyclic) bond motifs is 1. The average Bonchev–Trinajstić information content (AvgIpc) is 3.49. The van der Waals surface area contributed by atoms with E-state index in [4.69, 9.17) is 9.47 Å². The van der Waals surface area contributed by atoms with Gasteiger partial charge in [-0.05, 0) is 64.2 Å². The molecular formula is C33H52N6O7S. The number of urea groups is 1. The Labute approximate surface area is 279 Å². The highest BCUT2D eigenvalue weighted by molar-refractivity contribution is 7.89. The molecule has 3 N–H and O–H groups in total. The first-order chi connectivity index (χ1) is 22.4. The van der Waals surface area contributed by atoms with E-state index in [2.05, 4.69) is 15.6 Å². The first-order valence-corrected chi connectivity index (χ1v) is 18.2. The number of sulfonamides is 1. The lowest BCUT2D eigenvalue weighted by atomic mass is 9.96. The van der Waals surface area contributed by atoms with Gasteiger partial charge in [-0.15, -0.1) is 0 Å². The molecule has 2 heterocycles. The average molecular weight is 677 g/mol. The van der Waals surface area contributed by atoms with Crippen molar-refractivity contribution in [3.63, 3.8) is 0 Å². The van der Waals surface area contributed by atoms with Crippen LogP contribution in [0.25, 0.3) is 0 Å². The van der Waals surface area contributed by atoms with Crippen LogP contribution in [0.5, 0.6) is 5.75 Å². The number of amides is 3. The van der Waals surface area contributed by atoms with Gasteiger partial charge in [0.1, 0.15) is 5.75 Å². The molecule has 0 spiro atoms. The Kier molecular flexibility index (Phi) is 13.1. The third-order valence-electron chi connectivity index (χ3n) is 9.04. The molecule has 1 fully saturated rings. The number of aromatic nitrogens is 2. The minimum Gasteiger partial charge on any atom is -0.490 e. The number of anilines is 1. The fourth-order valence-corrected chi connectivity index (χ4v) is 7.24. The van der Waals surface area contributed by atoms with Crippen molar-refractivity contribution in [2.24, 2.45) is 13.0 Å². The lowest BCUT2D eigenvalue weighted by molar-refractivity contribution is -0.00835. The van der Waals surface area contributed by atoms with Gasteiger partial charge in [0.2, 0.25) is 0 Å². The van der Waals surface area contributed by atoms with Crippen LogP contribution in [0, 0.1) is 5.92 Å². The van der Waals surface area contributed by atoms with Gasteiger partial charge in [0, 0.05) is 57.6 Å². The normalized spacial score (nSPS) is 23.0. The van der Waals surface area contributed by atoms with Crippen LogP contribution in [-0.4, -0.2) is 102 Å². The Balaban J connectivity index is 1.60. The number of aliphatic hydroxyl groups is 1. The highest BCUT2D eigenvalue weighted by atomic mass is 32.2. The largest absolute Gasteiger partial charge is 0.490 e. The minimum atomic E-state index is -3.87. The number of aliphatic hydroxyl groups excluding tert-OH is 1. The number of hydrogen-bond acceptors (Lipinski definition) is 8. The molecule has 14 heteroatoms. The fourth-order valence-electron chi connectivity index (χ4n) is 6.10. The molecule has 2 aliphatic rings. The summed E-state index contributed by atoms with van der Waals surface area (Å²) in [5, 5.41) is 16.1. The molecule has 262 valence electrons. The number of hydrogen-bond donors (Lipinski definition) is 3. The summed E-state index contributed by atoms with van der Waals surface area (Å²) in [5.41, 5.74) is 0.721. The highest BCUT2D eigenvalue weighted by Gasteiger charge is 2.33. The van der Waals surface area contributed by atoms with Crippen LogP contribution >= 0.6 is 0 Å². The first-order valence-electron chi connectivity index (χ1n) is 16.7. The number of rotatable bonds is 8. The third-order valence-corrected chi connectivity index (χ3v) is 10.8. The molecule has 0 bridgehead atoms. The summed E-state index contributed by atoms with van der Waals surface area (Å²) in [4.78, 5) is 32.8. The van der Waals surface area contributed by atoms with Crippen molar-refractivity contribution in [1.82, 2.24) is 24.1 Å². The minimum absolute atomic E-state index is 0.0515. The van der Waals surface area contributed by atoms with Crippen LogP contribution < -0.4 is 15.4 Å². The molecular weight excluding hydrogens is 624 g/mol. The van der Waals surface area contributed by atoms with Gasteiger partial charge in [-0.3, -0.25) is 4.79 Å². The molecule has 1 aromatic carbocycles. The Hall–Kier alpha value is -3.20. The molecule has 1 aliphatic heterocycles. The van der Waals surface area contributed by atoms with E-state index in [9.17, 15) is 23.1 Å². The van der Waals surface area contributed by atoms with E-state index in [-0.39, 0.29) is 60.3 Å². The smallest absolute Gasteiger partial charge is 0.319 e. The summed E-state index contributed by atoms with van der Waals surface area (Å²) in [5.74, 6) is -0.292. The molecule has 0 radical (unpaired) electrons. The zero-order valence-electron chi connectivity index (χ0n) is 28.4. The van der Waals surface area contributed by atoms with Gasteiger partial charge in [0.05, 0.1) is 36.7 Å². The molecule has 1 aliphatic carbocycles. The molecule has 3 amide bonds. The zero-order valence-corrected chi connectivity index (χ0v) is 29.2. The number of nitrogens with one attached hydrogen (secondary N) is 2. The summed E-state index contributed by atoms with van der Waals surface area (Å²) in [6.45, 7) is 5.97. The van der Waals surface area contributed by atoms with E-state index < -0.39 is 22.2 Å². The molecule has 0 saturated heterocycles. The van der Waals surface area contributed by atoms with Gasteiger partial charge < -0.3 is 34.7 Å². The number of ether oxygens (including phenoxy) is 2. The van der Waals surface area contributed by atoms with Crippen molar-refractivity contribution in [2.75, 3.05) is 38.7 Å². The van der Waals surface area contributed by atoms with Crippen molar-refractivity contribution in [1.29, 1.82) is 0 Å². The Morgan fingerprint density at radius 3 is 2.55 bits per heavy atom. The van der Waals surface area contributed by atoms with Crippen LogP contribution in [0.4, 0.5) is 10.5 Å². The van der Waals surface area contributed by atoms with Gasteiger partial charge in [-0.1, -0.05) is 26.2 Å². The molecule has 4 atom stereocenters. The van der Waals surface area contributed by atoms with Gasteiger partial charge in [0.15, 0.2) is 5.03 Å². The number of carbonyl (C=O) groups excluding carboxylic acids is 2. The van der Waals surface area contributed by atoms with Crippen LogP contribution in [-0.2, 0) is 21.8 Å². The molecule has 2 aromatic rings. The maximum atomic E-state index is 14.3. The van der Waals surface area contributed by atoms with Gasteiger partial charge in [-0.2, -0.15) is 4.31 Å². The molecule has 1 saturated carbocycles. The fraction of sp³-hybridized carbons (Fsp3) is 0.667. The third kappa shape index (κ3) is 9.91. The van der Waals surface area contributed by atoms with Crippen molar-refractivity contribution >= 4 is 27.6 Å². The Bertz CT molecular complexity index is 1440. The summed E-state index contributed by atoms with van der Waals surface area (Å²) in [6, 6.07) is 4.30. The molecule has 47 heavy (non-hydrogen) atoms. The number of nitrogens with zero attached hydrogens (tertiary/aromatic N) is 4. The second-order valence-corrected chi connectivity index (χ2v) is 15.1. The lowest BCUT2D eigenvalue weighted by Gasteiger charge is -2.35. The maximum Gasteiger partial charge on any atom is 0.319 e. The summed E-state index contributed by atoms with van der Waals surface area (Å²) < 4.78 is 42.0. The number of carbonyl (C=O) groups is 2. The van der Waals surface area contributed by atoms with E-state index in [0.717, 1.165) is 38.5 Å². The maximum absolute atomic E-state index is 14.3. The van der Waals surface area contributed by atoms with E-state index >= 15 is 0 Å².